The molecule has 0 spiro atoms. The molecule has 0 rings (SSSR count). The first-order valence-electron chi connectivity index (χ1n) is 5.83. The summed E-state index contributed by atoms with van der Waals surface area (Å²) in [6, 6.07) is 0. The molecule has 0 fully saturated rings. The first kappa shape index (κ1) is 18.5. The van der Waals surface area contributed by atoms with Crippen LogP contribution in [0, 0.1) is 23.2 Å². The van der Waals surface area contributed by atoms with Crippen LogP contribution in [0.5, 0.6) is 0 Å². The fourth-order valence-electron chi connectivity index (χ4n) is 2.62. The van der Waals surface area contributed by atoms with Gasteiger partial charge in [0.15, 0.2) is 0 Å². The molecule has 0 unspecified atom stereocenters. The summed E-state index contributed by atoms with van der Waals surface area (Å²) < 4.78 is 0. The molecule has 0 saturated heterocycles. The maximum absolute atomic E-state index is 4.39. The topological polar surface area (TPSA) is 0 Å². The van der Waals surface area contributed by atoms with Crippen molar-refractivity contribution in [3.8, 4) is 0 Å². The second-order valence-electron chi connectivity index (χ2n) is 7.24. The van der Waals surface area contributed by atoms with Crippen molar-refractivity contribution in [2.24, 2.45) is 16.2 Å². The van der Waals surface area contributed by atoms with Crippen LogP contribution in [0.25, 0.3) is 0 Å². The molecule has 0 saturated carbocycles. The smallest absolute Gasteiger partial charge is 0 e. The van der Waals surface area contributed by atoms with E-state index in [0.29, 0.717) is 10.8 Å². The van der Waals surface area contributed by atoms with Gasteiger partial charge in [0.1, 0.15) is 0 Å². The van der Waals surface area contributed by atoms with Crippen LogP contribution in [-0.2, 0) is 32.7 Å². The molecule has 0 bridgehead atoms. The van der Waals surface area contributed by atoms with Gasteiger partial charge in [-0.15, -0.1) is 0 Å². The first-order valence-corrected chi connectivity index (χ1v) is 5.83. The van der Waals surface area contributed by atoms with Gasteiger partial charge in [-0.25, -0.2) is 0 Å². The zero-order chi connectivity index (χ0) is 11.6. The summed E-state index contributed by atoms with van der Waals surface area (Å²) >= 11 is 0. The molecule has 1 atom stereocenters. The summed E-state index contributed by atoms with van der Waals surface area (Å²) in [5.74, 6) is 0. The monoisotopic (exact) mass is 286 g/mol. The molecule has 15 heavy (non-hydrogen) atoms. The fourth-order valence-corrected chi connectivity index (χ4v) is 2.62. The molecule has 0 nitrogen and oxygen atoms in total. The van der Waals surface area contributed by atoms with Gasteiger partial charge < -0.3 is 6.92 Å². The van der Waals surface area contributed by atoms with Crippen molar-refractivity contribution in [2.75, 3.05) is 0 Å². The van der Waals surface area contributed by atoms with Crippen molar-refractivity contribution in [1.82, 2.24) is 0 Å². The van der Waals surface area contributed by atoms with Gasteiger partial charge >= 0.3 is 0 Å². The van der Waals surface area contributed by atoms with Crippen LogP contribution in [0.3, 0.4) is 0 Å². The summed E-state index contributed by atoms with van der Waals surface area (Å²) in [5, 5.41) is 0. The second kappa shape index (κ2) is 6.15. The molecule has 0 aliphatic rings. The Morgan fingerprint density at radius 1 is 0.867 bits per heavy atom. The van der Waals surface area contributed by atoms with E-state index in [4.69, 9.17) is 0 Å². The van der Waals surface area contributed by atoms with Crippen LogP contribution in [0.2, 0.25) is 0 Å². The molecule has 0 heterocycles. The first-order chi connectivity index (χ1) is 5.97. The molecule has 1 heteroatoms. The van der Waals surface area contributed by atoms with Crippen LogP contribution in [0.15, 0.2) is 0 Å². The van der Waals surface area contributed by atoms with Crippen molar-refractivity contribution in [3.05, 3.63) is 6.92 Å². The van der Waals surface area contributed by atoms with Gasteiger partial charge in [-0.05, 0) is 10.8 Å². The van der Waals surface area contributed by atoms with Gasteiger partial charge in [-0.1, -0.05) is 67.7 Å². The summed E-state index contributed by atoms with van der Waals surface area (Å²) in [6.07, 6.45) is 3.65. The molecule has 0 aromatic carbocycles. The molecule has 0 amide bonds. The minimum atomic E-state index is 0. The van der Waals surface area contributed by atoms with E-state index < -0.39 is 0 Å². The van der Waals surface area contributed by atoms with E-state index in [1.165, 1.54) is 19.3 Å². The van der Waals surface area contributed by atoms with Gasteiger partial charge in [0.2, 0.25) is 0 Å². The predicted molar refractivity (Wildman–Crippen MR) is 66.2 cm³/mol. The summed E-state index contributed by atoms with van der Waals surface area (Å²) in [6.45, 7) is 20.6. The zero-order valence-corrected chi connectivity index (χ0v) is 14.7. The predicted octanol–water partition coefficient (Wildman–Crippen LogP) is 5.09. The van der Waals surface area contributed by atoms with Crippen molar-refractivity contribution >= 4 is 0 Å². The van der Waals surface area contributed by atoms with Crippen molar-refractivity contribution < 1.29 is 32.7 Å². The standard InChI is InChI=1S/C14H29.Y/c1-9-13(5,6)11-14(7,8)10-12(2,3)4;/h7,9-11H2,1-6,8H3;/q-1;/t14-;/m1./s1. The normalized spacial score (nSPS) is 16.8. The van der Waals surface area contributed by atoms with E-state index in [9.17, 15) is 0 Å². The Hall–Kier alpha value is 1.10. The van der Waals surface area contributed by atoms with Crippen molar-refractivity contribution in [1.29, 1.82) is 0 Å². The summed E-state index contributed by atoms with van der Waals surface area (Å²) in [5.41, 5.74) is 1.04. The Bertz CT molecular complexity index is 172. The van der Waals surface area contributed by atoms with E-state index in [0.717, 1.165) is 0 Å². The van der Waals surface area contributed by atoms with Crippen LogP contribution < -0.4 is 0 Å². The molecule has 0 aromatic rings. The van der Waals surface area contributed by atoms with Crippen molar-refractivity contribution in [2.45, 2.75) is 67.7 Å². The molecule has 0 aliphatic carbocycles. The van der Waals surface area contributed by atoms with E-state index in [2.05, 4.69) is 55.4 Å². The molecule has 0 aromatic heterocycles. The Morgan fingerprint density at radius 3 is 1.53 bits per heavy atom. The summed E-state index contributed by atoms with van der Waals surface area (Å²) in [4.78, 5) is 0. The average molecular weight is 286 g/mol. The number of hydrogen-bond donors (Lipinski definition) is 0. The molecule has 0 aliphatic heterocycles. The maximum Gasteiger partial charge on any atom is 0 e. The third-order valence-corrected chi connectivity index (χ3v) is 2.82. The average Bonchev–Trinajstić information content (AvgIpc) is 1.78. The molecule has 89 valence electrons. The number of hydrogen-bond acceptors (Lipinski definition) is 0. The Labute approximate surface area is 123 Å². The second-order valence-corrected chi connectivity index (χ2v) is 7.24. The van der Waals surface area contributed by atoms with Crippen LogP contribution in [0.4, 0.5) is 0 Å². The fraction of sp³-hybridized carbons (Fsp3) is 0.929. The van der Waals surface area contributed by atoms with E-state index in [1.54, 1.807) is 0 Å². The van der Waals surface area contributed by atoms with E-state index in [1.807, 2.05) is 0 Å². The third-order valence-electron chi connectivity index (χ3n) is 2.82. The minimum Gasteiger partial charge on any atom is -0.337 e. The third kappa shape index (κ3) is 10.0. The summed E-state index contributed by atoms with van der Waals surface area (Å²) in [7, 11) is 0. The zero-order valence-electron chi connectivity index (χ0n) is 11.9. The number of rotatable bonds is 4. The van der Waals surface area contributed by atoms with Gasteiger partial charge in [0.05, 0.1) is 0 Å². The molecular formula is C14H29Y-. The van der Waals surface area contributed by atoms with E-state index in [-0.39, 0.29) is 38.1 Å². The maximum atomic E-state index is 4.39. The van der Waals surface area contributed by atoms with Gasteiger partial charge in [0.25, 0.3) is 0 Å². The Morgan fingerprint density at radius 2 is 1.27 bits per heavy atom. The molecular weight excluding hydrogens is 257 g/mol. The van der Waals surface area contributed by atoms with Gasteiger partial charge in [0, 0.05) is 32.7 Å². The van der Waals surface area contributed by atoms with Gasteiger partial charge in [-0.3, -0.25) is 0 Å². The van der Waals surface area contributed by atoms with Crippen LogP contribution in [-0.4, -0.2) is 0 Å². The van der Waals surface area contributed by atoms with E-state index >= 15 is 0 Å². The quantitative estimate of drug-likeness (QED) is 0.632. The van der Waals surface area contributed by atoms with Gasteiger partial charge in [-0.2, -0.15) is 5.41 Å². The minimum absolute atomic E-state index is 0. The Kier molecular flexibility index (Phi) is 7.57. The molecule has 0 N–H and O–H groups in total. The van der Waals surface area contributed by atoms with Crippen LogP contribution >= 0.6 is 0 Å². The Balaban J connectivity index is 0. The molecule has 1 radical (unpaired) electrons. The van der Waals surface area contributed by atoms with Crippen LogP contribution in [0.1, 0.15) is 67.7 Å². The SMILES string of the molecule is [CH2-][C@@](C)(CC(C)(C)C)CC(C)(C)CC.[Y]. The largest absolute Gasteiger partial charge is 0.337 e. The van der Waals surface area contributed by atoms with Crippen molar-refractivity contribution in [3.63, 3.8) is 0 Å².